The van der Waals surface area contributed by atoms with Crippen LogP contribution >= 0.6 is 27.3 Å². The highest BCUT2D eigenvalue weighted by molar-refractivity contribution is 9.11. The monoisotopic (exact) mass is 359 g/mol. The fraction of sp³-hybridized carbons (Fsp3) is 0.643. The number of likely N-dealkylation sites (tertiary alicyclic amines) is 1. The van der Waals surface area contributed by atoms with Gasteiger partial charge in [-0.05, 0) is 60.9 Å². The third-order valence-corrected chi connectivity index (χ3v) is 5.62. The minimum absolute atomic E-state index is 0.0806. The fourth-order valence-corrected chi connectivity index (χ4v) is 4.58. The maximum Gasteiger partial charge on any atom is 0.222 e. The molecule has 2 unspecified atom stereocenters. The van der Waals surface area contributed by atoms with Crippen molar-refractivity contribution in [3.05, 3.63) is 20.8 Å². The van der Waals surface area contributed by atoms with Crippen LogP contribution in [0.5, 0.6) is 0 Å². The summed E-state index contributed by atoms with van der Waals surface area (Å²) < 4.78 is 1.14. The highest BCUT2D eigenvalue weighted by Crippen LogP contribution is 2.34. The highest BCUT2D eigenvalue weighted by atomic mass is 79.9. The predicted octanol–water partition coefficient (Wildman–Crippen LogP) is 2.36. The predicted molar refractivity (Wildman–Crippen MR) is 86.8 cm³/mol. The van der Waals surface area contributed by atoms with Crippen molar-refractivity contribution in [2.45, 2.75) is 31.8 Å². The zero-order chi connectivity index (χ0) is 14.7. The number of amides is 1. The highest BCUT2D eigenvalue weighted by Gasteiger charge is 2.31. The second kappa shape index (κ2) is 7.02. The second-order valence-corrected chi connectivity index (χ2v) is 7.86. The standard InChI is InChI=1S/C14H22BrN3OS/c1-9(16)13(11-3-4-12(15)20-11)18-7-5-10(6-8-18)14(19)17-2/h3-4,9-10,13H,5-8,16H2,1-2H3,(H,17,19). The number of carbonyl (C=O) groups excluding carboxylic acids is 1. The van der Waals surface area contributed by atoms with E-state index in [4.69, 9.17) is 5.73 Å². The Kier molecular flexibility index (Phi) is 5.60. The molecule has 20 heavy (non-hydrogen) atoms. The van der Waals surface area contributed by atoms with E-state index in [2.05, 4.69) is 45.2 Å². The normalized spacial score (nSPS) is 20.6. The van der Waals surface area contributed by atoms with Crippen molar-refractivity contribution in [2.24, 2.45) is 11.7 Å². The topological polar surface area (TPSA) is 58.4 Å². The quantitative estimate of drug-likeness (QED) is 0.867. The number of rotatable bonds is 4. The van der Waals surface area contributed by atoms with Crippen molar-refractivity contribution < 1.29 is 4.79 Å². The number of hydrogen-bond acceptors (Lipinski definition) is 4. The second-order valence-electron chi connectivity index (χ2n) is 5.37. The smallest absolute Gasteiger partial charge is 0.222 e. The SMILES string of the molecule is CNC(=O)C1CCN(C(c2ccc(Br)s2)C(C)N)CC1. The Labute approximate surface area is 132 Å². The maximum atomic E-state index is 11.7. The van der Waals surface area contributed by atoms with Gasteiger partial charge in [-0.15, -0.1) is 11.3 Å². The number of nitrogens with two attached hydrogens (primary N) is 1. The lowest BCUT2D eigenvalue weighted by Gasteiger charge is -2.38. The Hall–Kier alpha value is -0.430. The Morgan fingerprint density at radius 2 is 2.15 bits per heavy atom. The third-order valence-electron chi connectivity index (χ3n) is 3.92. The first-order chi connectivity index (χ1) is 9.52. The van der Waals surface area contributed by atoms with E-state index in [0.29, 0.717) is 0 Å². The summed E-state index contributed by atoms with van der Waals surface area (Å²) >= 11 is 5.26. The van der Waals surface area contributed by atoms with E-state index in [9.17, 15) is 4.79 Å². The zero-order valence-corrected chi connectivity index (χ0v) is 14.3. The van der Waals surface area contributed by atoms with Crippen molar-refractivity contribution >= 4 is 33.2 Å². The van der Waals surface area contributed by atoms with E-state index in [1.807, 2.05) is 0 Å². The van der Waals surface area contributed by atoms with E-state index in [1.165, 1.54) is 4.88 Å². The molecule has 112 valence electrons. The summed E-state index contributed by atoms with van der Waals surface area (Å²) in [5, 5.41) is 2.75. The van der Waals surface area contributed by atoms with Gasteiger partial charge in [-0.25, -0.2) is 0 Å². The summed E-state index contributed by atoms with van der Waals surface area (Å²) in [4.78, 5) is 15.4. The van der Waals surface area contributed by atoms with Crippen LogP contribution in [-0.2, 0) is 4.79 Å². The molecule has 4 nitrogen and oxygen atoms in total. The first-order valence-electron chi connectivity index (χ1n) is 6.99. The minimum atomic E-state index is 0.0806. The molecule has 1 aliphatic heterocycles. The lowest BCUT2D eigenvalue weighted by Crippen LogP contribution is -2.45. The van der Waals surface area contributed by atoms with Crippen LogP contribution in [-0.4, -0.2) is 37.0 Å². The van der Waals surface area contributed by atoms with Gasteiger partial charge < -0.3 is 11.1 Å². The molecule has 2 rings (SSSR count). The van der Waals surface area contributed by atoms with Crippen LogP contribution in [0.4, 0.5) is 0 Å². The summed E-state index contributed by atoms with van der Waals surface area (Å²) in [5.74, 6) is 0.320. The van der Waals surface area contributed by atoms with Gasteiger partial charge in [-0.2, -0.15) is 0 Å². The van der Waals surface area contributed by atoms with Crippen LogP contribution < -0.4 is 11.1 Å². The van der Waals surface area contributed by atoms with Crippen LogP contribution in [0.1, 0.15) is 30.7 Å². The van der Waals surface area contributed by atoms with Gasteiger partial charge in [0.15, 0.2) is 0 Å². The van der Waals surface area contributed by atoms with Crippen molar-refractivity contribution in [3.63, 3.8) is 0 Å². The van der Waals surface area contributed by atoms with Crippen molar-refractivity contribution in [1.82, 2.24) is 10.2 Å². The van der Waals surface area contributed by atoms with E-state index < -0.39 is 0 Å². The van der Waals surface area contributed by atoms with E-state index in [-0.39, 0.29) is 23.9 Å². The molecule has 0 spiro atoms. The Balaban J connectivity index is 2.04. The van der Waals surface area contributed by atoms with E-state index in [1.54, 1.807) is 18.4 Å². The Morgan fingerprint density at radius 1 is 1.50 bits per heavy atom. The molecule has 1 amide bonds. The van der Waals surface area contributed by atoms with Gasteiger partial charge in [0.05, 0.1) is 9.83 Å². The molecule has 0 radical (unpaired) electrons. The molecule has 6 heteroatoms. The summed E-state index contributed by atoms with van der Waals surface area (Å²) in [7, 11) is 1.71. The average Bonchev–Trinajstić information content (AvgIpc) is 2.85. The molecule has 0 saturated carbocycles. The van der Waals surface area contributed by atoms with Gasteiger partial charge in [0.25, 0.3) is 0 Å². The largest absolute Gasteiger partial charge is 0.359 e. The Bertz CT molecular complexity index is 455. The molecular formula is C14H22BrN3OS. The van der Waals surface area contributed by atoms with E-state index >= 15 is 0 Å². The maximum absolute atomic E-state index is 11.7. The zero-order valence-electron chi connectivity index (χ0n) is 11.9. The van der Waals surface area contributed by atoms with Gasteiger partial charge in [-0.1, -0.05) is 0 Å². The fourth-order valence-electron chi connectivity index (χ4n) is 2.90. The van der Waals surface area contributed by atoms with Gasteiger partial charge >= 0.3 is 0 Å². The summed E-state index contributed by atoms with van der Waals surface area (Å²) in [5.41, 5.74) is 6.20. The third kappa shape index (κ3) is 3.61. The first kappa shape index (κ1) is 15.9. The van der Waals surface area contributed by atoms with Gasteiger partial charge in [-0.3, -0.25) is 9.69 Å². The molecule has 0 aromatic carbocycles. The van der Waals surface area contributed by atoms with Crippen LogP contribution in [0.25, 0.3) is 0 Å². The number of hydrogen-bond donors (Lipinski definition) is 2. The van der Waals surface area contributed by atoms with Gasteiger partial charge in [0.1, 0.15) is 0 Å². The molecule has 0 bridgehead atoms. The molecule has 1 aromatic rings. The molecule has 3 N–H and O–H groups in total. The van der Waals surface area contributed by atoms with Crippen molar-refractivity contribution in [1.29, 1.82) is 0 Å². The minimum Gasteiger partial charge on any atom is -0.359 e. The van der Waals surface area contributed by atoms with Crippen LogP contribution in [0.3, 0.4) is 0 Å². The molecule has 1 saturated heterocycles. The summed E-state index contributed by atoms with van der Waals surface area (Å²) in [6.45, 7) is 3.92. The van der Waals surface area contributed by atoms with Gasteiger partial charge in [0, 0.05) is 23.9 Å². The Morgan fingerprint density at radius 3 is 2.60 bits per heavy atom. The molecular weight excluding hydrogens is 338 g/mol. The van der Waals surface area contributed by atoms with E-state index in [0.717, 1.165) is 29.7 Å². The summed E-state index contributed by atoms with van der Waals surface area (Å²) in [6.07, 6.45) is 1.82. The molecule has 1 aliphatic rings. The molecule has 2 atom stereocenters. The van der Waals surface area contributed by atoms with Crippen LogP contribution in [0.15, 0.2) is 15.9 Å². The number of thiophene rings is 1. The lowest BCUT2D eigenvalue weighted by atomic mass is 9.93. The summed E-state index contributed by atoms with van der Waals surface area (Å²) in [6, 6.07) is 4.55. The molecule has 2 heterocycles. The van der Waals surface area contributed by atoms with Crippen LogP contribution in [0.2, 0.25) is 0 Å². The van der Waals surface area contributed by atoms with Crippen molar-refractivity contribution in [3.8, 4) is 0 Å². The van der Waals surface area contributed by atoms with Crippen LogP contribution in [0, 0.1) is 5.92 Å². The number of carbonyl (C=O) groups is 1. The molecule has 0 aliphatic carbocycles. The number of halogens is 1. The number of piperidine rings is 1. The van der Waals surface area contributed by atoms with Gasteiger partial charge in [0.2, 0.25) is 5.91 Å². The molecule has 1 fully saturated rings. The molecule has 1 aromatic heterocycles. The lowest BCUT2D eigenvalue weighted by molar-refractivity contribution is -0.126. The van der Waals surface area contributed by atoms with Crippen molar-refractivity contribution in [2.75, 3.05) is 20.1 Å². The number of nitrogens with zero attached hydrogens (tertiary/aromatic N) is 1. The number of nitrogens with one attached hydrogen (secondary N) is 1. The average molecular weight is 360 g/mol. The first-order valence-corrected chi connectivity index (χ1v) is 8.60.